The fourth-order valence-electron chi connectivity index (χ4n) is 1.16. The highest BCUT2D eigenvalue weighted by Crippen LogP contribution is 2.27. The first-order valence-electron chi connectivity index (χ1n) is 4.04. The van der Waals surface area contributed by atoms with Crippen LogP contribution in [-0.4, -0.2) is 20.2 Å². The van der Waals surface area contributed by atoms with Crippen LogP contribution < -0.4 is 4.74 Å². The van der Waals surface area contributed by atoms with Crippen molar-refractivity contribution in [3.8, 4) is 11.8 Å². The molecule has 0 spiro atoms. The van der Waals surface area contributed by atoms with Gasteiger partial charge < -0.3 is 9.47 Å². The Hall–Kier alpha value is -1.67. The Kier molecular flexibility index (Phi) is 3.58. The molecule has 0 N–H and O–H groups in total. The molecule has 78 valence electrons. The second-order valence-corrected chi connectivity index (χ2v) is 3.12. The minimum atomic E-state index is -0.601. The standard InChI is InChI=1S/C10H9NO3S/c1-13-7-3-4-8(15)9(6(7)5-11)10(12)14-2/h3-4,15H,1-2H3. The van der Waals surface area contributed by atoms with Gasteiger partial charge in [0.25, 0.3) is 0 Å². The topological polar surface area (TPSA) is 59.3 Å². The van der Waals surface area contributed by atoms with Crippen LogP contribution in [0, 0.1) is 11.3 Å². The average Bonchev–Trinajstić information content (AvgIpc) is 2.27. The number of carbonyl (C=O) groups excluding carboxylic acids is 1. The molecule has 0 atom stereocenters. The van der Waals surface area contributed by atoms with E-state index in [1.54, 1.807) is 12.1 Å². The maximum atomic E-state index is 11.4. The summed E-state index contributed by atoms with van der Waals surface area (Å²) in [6.07, 6.45) is 0. The highest BCUT2D eigenvalue weighted by atomic mass is 32.1. The van der Waals surface area contributed by atoms with Gasteiger partial charge in [-0.3, -0.25) is 0 Å². The van der Waals surface area contributed by atoms with Crippen molar-refractivity contribution in [3.05, 3.63) is 23.3 Å². The Morgan fingerprint density at radius 1 is 1.47 bits per heavy atom. The lowest BCUT2D eigenvalue weighted by Crippen LogP contribution is -2.06. The van der Waals surface area contributed by atoms with E-state index < -0.39 is 5.97 Å². The number of nitriles is 1. The smallest absolute Gasteiger partial charge is 0.340 e. The lowest BCUT2D eigenvalue weighted by Gasteiger charge is -2.08. The van der Waals surface area contributed by atoms with Gasteiger partial charge in [-0.1, -0.05) is 0 Å². The quantitative estimate of drug-likeness (QED) is 0.611. The van der Waals surface area contributed by atoms with Gasteiger partial charge in [-0.15, -0.1) is 12.6 Å². The van der Waals surface area contributed by atoms with Gasteiger partial charge in [-0.05, 0) is 12.1 Å². The molecule has 0 aliphatic carbocycles. The molecule has 0 unspecified atom stereocenters. The summed E-state index contributed by atoms with van der Waals surface area (Å²) in [6, 6.07) is 5.05. The number of hydrogen-bond donors (Lipinski definition) is 1. The number of benzene rings is 1. The number of carbonyl (C=O) groups is 1. The Bertz CT molecular complexity index is 437. The third-order valence-corrected chi connectivity index (χ3v) is 2.24. The second kappa shape index (κ2) is 4.71. The highest BCUT2D eigenvalue weighted by Gasteiger charge is 2.19. The molecule has 0 aromatic heterocycles. The largest absolute Gasteiger partial charge is 0.495 e. The zero-order valence-electron chi connectivity index (χ0n) is 8.27. The zero-order chi connectivity index (χ0) is 11.4. The van der Waals surface area contributed by atoms with Gasteiger partial charge in [0.1, 0.15) is 17.4 Å². The van der Waals surface area contributed by atoms with Crippen LogP contribution in [0.15, 0.2) is 17.0 Å². The normalized spacial score (nSPS) is 9.20. The molecule has 0 bridgehead atoms. The van der Waals surface area contributed by atoms with Crippen molar-refractivity contribution >= 4 is 18.6 Å². The SMILES string of the molecule is COC(=O)c1c(S)ccc(OC)c1C#N. The van der Waals surface area contributed by atoms with Crippen molar-refractivity contribution in [2.45, 2.75) is 4.90 Å². The summed E-state index contributed by atoms with van der Waals surface area (Å²) in [4.78, 5) is 11.8. The number of thiol groups is 1. The van der Waals surface area contributed by atoms with E-state index in [0.717, 1.165) is 0 Å². The van der Waals surface area contributed by atoms with Crippen LogP contribution in [0.3, 0.4) is 0 Å². The summed E-state index contributed by atoms with van der Waals surface area (Å²) >= 11 is 4.09. The first-order chi connectivity index (χ1) is 7.15. The van der Waals surface area contributed by atoms with Gasteiger partial charge >= 0.3 is 5.97 Å². The molecular weight excluding hydrogens is 214 g/mol. The van der Waals surface area contributed by atoms with Crippen LogP contribution in [0.2, 0.25) is 0 Å². The molecule has 0 amide bonds. The minimum absolute atomic E-state index is 0.127. The van der Waals surface area contributed by atoms with Gasteiger partial charge in [0, 0.05) is 4.90 Å². The van der Waals surface area contributed by atoms with Crippen molar-refractivity contribution in [1.82, 2.24) is 0 Å². The predicted molar refractivity (Wildman–Crippen MR) is 56.3 cm³/mol. The summed E-state index contributed by atoms with van der Waals surface area (Å²) < 4.78 is 9.53. The Labute approximate surface area is 92.8 Å². The Morgan fingerprint density at radius 2 is 2.13 bits per heavy atom. The van der Waals surface area contributed by atoms with Gasteiger partial charge in [-0.25, -0.2) is 4.79 Å². The maximum absolute atomic E-state index is 11.4. The van der Waals surface area contributed by atoms with E-state index in [9.17, 15) is 4.79 Å². The Morgan fingerprint density at radius 3 is 2.60 bits per heavy atom. The van der Waals surface area contributed by atoms with E-state index >= 15 is 0 Å². The van der Waals surface area contributed by atoms with E-state index in [-0.39, 0.29) is 11.1 Å². The average molecular weight is 223 g/mol. The third-order valence-electron chi connectivity index (χ3n) is 1.87. The monoisotopic (exact) mass is 223 g/mol. The van der Waals surface area contributed by atoms with Gasteiger partial charge in [0.05, 0.1) is 19.8 Å². The number of esters is 1. The molecule has 0 saturated heterocycles. The second-order valence-electron chi connectivity index (χ2n) is 2.64. The van der Waals surface area contributed by atoms with Crippen LogP contribution in [0.5, 0.6) is 5.75 Å². The molecule has 1 aromatic rings. The van der Waals surface area contributed by atoms with E-state index in [4.69, 9.17) is 10.00 Å². The van der Waals surface area contributed by atoms with E-state index in [2.05, 4.69) is 17.4 Å². The highest BCUT2D eigenvalue weighted by molar-refractivity contribution is 7.80. The molecule has 0 heterocycles. The number of rotatable bonds is 2. The van der Waals surface area contributed by atoms with Gasteiger partial charge in [-0.2, -0.15) is 5.26 Å². The summed E-state index contributed by atoms with van der Waals surface area (Å²) in [7, 11) is 2.67. The molecule has 0 aliphatic heterocycles. The van der Waals surface area contributed by atoms with Crippen molar-refractivity contribution in [2.24, 2.45) is 0 Å². The summed E-state index contributed by atoms with van der Waals surface area (Å²) in [5, 5.41) is 8.93. The van der Waals surface area contributed by atoms with Gasteiger partial charge in [0.15, 0.2) is 0 Å². The van der Waals surface area contributed by atoms with Crippen LogP contribution in [0.4, 0.5) is 0 Å². The molecule has 1 aromatic carbocycles. The molecule has 0 fully saturated rings. The Balaban J connectivity index is 3.47. The molecular formula is C10H9NO3S. The molecule has 0 radical (unpaired) electrons. The van der Waals surface area contributed by atoms with Crippen LogP contribution >= 0.6 is 12.6 Å². The summed E-state index contributed by atoms with van der Waals surface area (Å²) in [6.45, 7) is 0. The number of hydrogen-bond acceptors (Lipinski definition) is 5. The third kappa shape index (κ3) is 2.05. The van der Waals surface area contributed by atoms with Crippen LogP contribution in [0.25, 0.3) is 0 Å². The molecule has 0 saturated carbocycles. The number of methoxy groups -OCH3 is 2. The molecule has 5 heteroatoms. The van der Waals surface area contributed by atoms with Crippen LogP contribution in [-0.2, 0) is 4.74 Å². The first kappa shape index (κ1) is 11.4. The number of ether oxygens (including phenoxy) is 2. The molecule has 1 rings (SSSR count). The fraction of sp³-hybridized carbons (Fsp3) is 0.200. The summed E-state index contributed by atoms with van der Waals surface area (Å²) in [5.74, 6) is -0.272. The zero-order valence-corrected chi connectivity index (χ0v) is 9.17. The lowest BCUT2D eigenvalue weighted by molar-refractivity contribution is 0.0596. The van der Waals surface area contributed by atoms with E-state index in [1.807, 2.05) is 6.07 Å². The molecule has 0 aliphatic rings. The summed E-state index contributed by atoms with van der Waals surface area (Å²) in [5.41, 5.74) is 0.263. The van der Waals surface area contributed by atoms with E-state index in [0.29, 0.717) is 10.6 Å². The molecule has 4 nitrogen and oxygen atoms in total. The van der Waals surface area contributed by atoms with E-state index in [1.165, 1.54) is 14.2 Å². The number of nitrogens with zero attached hydrogens (tertiary/aromatic N) is 1. The lowest BCUT2D eigenvalue weighted by atomic mass is 10.1. The van der Waals surface area contributed by atoms with Crippen molar-refractivity contribution in [2.75, 3.05) is 14.2 Å². The van der Waals surface area contributed by atoms with Crippen molar-refractivity contribution < 1.29 is 14.3 Å². The molecule has 15 heavy (non-hydrogen) atoms. The van der Waals surface area contributed by atoms with Gasteiger partial charge in [0.2, 0.25) is 0 Å². The maximum Gasteiger partial charge on any atom is 0.340 e. The van der Waals surface area contributed by atoms with Crippen LogP contribution in [0.1, 0.15) is 15.9 Å². The fourth-order valence-corrected chi connectivity index (χ4v) is 1.44. The minimum Gasteiger partial charge on any atom is -0.495 e. The predicted octanol–water partition coefficient (Wildman–Crippen LogP) is 1.64. The van der Waals surface area contributed by atoms with Crippen molar-refractivity contribution in [3.63, 3.8) is 0 Å². The first-order valence-corrected chi connectivity index (χ1v) is 4.48. The van der Waals surface area contributed by atoms with Crippen molar-refractivity contribution in [1.29, 1.82) is 5.26 Å².